The Morgan fingerprint density at radius 3 is 3.11 bits per heavy atom. The summed E-state index contributed by atoms with van der Waals surface area (Å²) in [4.78, 5) is 11.7. The van der Waals surface area contributed by atoms with E-state index in [0.717, 1.165) is 25.9 Å². The fraction of sp³-hybridized carbons (Fsp3) is 0.562. The Balaban J connectivity index is 1.60. The highest BCUT2D eigenvalue weighted by Gasteiger charge is 2.14. The number of nitrogens with one attached hydrogen (secondary N) is 2. The summed E-state index contributed by atoms with van der Waals surface area (Å²) in [6.07, 6.45) is 4.99. The quantitative estimate of drug-likeness (QED) is 0.823. The molecular weight excluding hydrogens is 236 g/mol. The highest BCUT2D eigenvalue weighted by molar-refractivity contribution is 5.75. The lowest BCUT2D eigenvalue weighted by atomic mass is 10.1. The SMILES string of the molecule is Cc1cccc(CCNC(=O)CCC2CCCN2)c1. The molecule has 1 aromatic carbocycles. The Labute approximate surface area is 115 Å². The molecule has 1 fully saturated rings. The zero-order valence-corrected chi connectivity index (χ0v) is 11.7. The molecule has 0 aromatic heterocycles. The molecule has 104 valence electrons. The predicted molar refractivity (Wildman–Crippen MR) is 78.2 cm³/mol. The average Bonchev–Trinajstić information content (AvgIpc) is 2.89. The Hall–Kier alpha value is -1.35. The topological polar surface area (TPSA) is 41.1 Å². The van der Waals surface area contributed by atoms with Crippen LogP contribution in [-0.2, 0) is 11.2 Å². The standard InChI is InChI=1S/C16H24N2O/c1-13-4-2-5-14(12-13)9-11-18-16(19)8-7-15-6-3-10-17-15/h2,4-5,12,15,17H,3,6-11H2,1H3,(H,18,19). The van der Waals surface area contributed by atoms with Gasteiger partial charge in [-0.2, -0.15) is 0 Å². The molecular formula is C16H24N2O. The van der Waals surface area contributed by atoms with E-state index in [1.54, 1.807) is 0 Å². The Bertz CT molecular complexity index is 411. The molecule has 2 rings (SSSR count). The van der Waals surface area contributed by atoms with E-state index in [9.17, 15) is 4.79 Å². The number of hydrogen-bond donors (Lipinski definition) is 2. The molecule has 1 unspecified atom stereocenters. The maximum Gasteiger partial charge on any atom is 0.220 e. The van der Waals surface area contributed by atoms with Crippen molar-refractivity contribution in [2.45, 2.75) is 45.1 Å². The maximum absolute atomic E-state index is 11.7. The van der Waals surface area contributed by atoms with Crippen molar-refractivity contribution in [1.82, 2.24) is 10.6 Å². The third kappa shape index (κ3) is 5.03. The van der Waals surface area contributed by atoms with Gasteiger partial charge in [-0.1, -0.05) is 29.8 Å². The van der Waals surface area contributed by atoms with Crippen LogP contribution < -0.4 is 10.6 Å². The van der Waals surface area contributed by atoms with Gasteiger partial charge in [0, 0.05) is 19.0 Å². The fourth-order valence-electron chi connectivity index (χ4n) is 2.61. The zero-order chi connectivity index (χ0) is 13.5. The van der Waals surface area contributed by atoms with Crippen LogP contribution in [-0.4, -0.2) is 25.0 Å². The molecule has 1 amide bonds. The third-order valence-electron chi connectivity index (χ3n) is 3.70. The first-order valence-electron chi connectivity index (χ1n) is 7.29. The summed E-state index contributed by atoms with van der Waals surface area (Å²) in [5.74, 6) is 0.182. The zero-order valence-electron chi connectivity index (χ0n) is 11.7. The minimum atomic E-state index is 0.182. The molecule has 1 atom stereocenters. The molecule has 1 aromatic rings. The molecule has 1 saturated heterocycles. The summed E-state index contributed by atoms with van der Waals surface area (Å²) >= 11 is 0. The summed E-state index contributed by atoms with van der Waals surface area (Å²) < 4.78 is 0. The minimum absolute atomic E-state index is 0.182. The number of hydrogen-bond acceptors (Lipinski definition) is 2. The van der Waals surface area contributed by atoms with Crippen LogP contribution in [0, 0.1) is 6.92 Å². The van der Waals surface area contributed by atoms with Gasteiger partial charge >= 0.3 is 0 Å². The van der Waals surface area contributed by atoms with Gasteiger partial charge in [-0.15, -0.1) is 0 Å². The smallest absolute Gasteiger partial charge is 0.220 e. The number of amides is 1. The van der Waals surface area contributed by atoms with Crippen LogP contribution >= 0.6 is 0 Å². The van der Waals surface area contributed by atoms with E-state index >= 15 is 0 Å². The van der Waals surface area contributed by atoms with Crippen molar-refractivity contribution in [3.8, 4) is 0 Å². The third-order valence-corrected chi connectivity index (χ3v) is 3.70. The van der Waals surface area contributed by atoms with Crippen molar-refractivity contribution < 1.29 is 4.79 Å². The second-order valence-corrected chi connectivity index (χ2v) is 5.42. The first-order valence-corrected chi connectivity index (χ1v) is 7.29. The molecule has 1 aliphatic rings. The van der Waals surface area contributed by atoms with Crippen molar-refractivity contribution >= 4 is 5.91 Å². The molecule has 0 saturated carbocycles. The van der Waals surface area contributed by atoms with E-state index < -0.39 is 0 Å². The Morgan fingerprint density at radius 1 is 1.47 bits per heavy atom. The van der Waals surface area contributed by atoms with Crippen LogP contribution in [0.1, 0.15) is 36.8 Å². The molecule has 3 nitrogen and oxygen atoms in total. The van der Waals surface area contributed by atoms with E-state index in [0.29, 0.717) is 12.5 Å². The number of rotatable bonds is 6. The van der Waals surface area contributed by atoms with Gasteiger partial charge in [-0.25, -0.2) is 0 Å². The second-order valence-electron chi connectivity index (χ2n) is 5.42. The van der Waals surface area contributed by atoms with Crippen LogP contribution in [0.3, 0.4) is 0 Å². The largest absolute Gasteiger partial charge is 0.356 e. The number of benzene rings is 1. The molecule has 0 spiro atoms. The molecule has 19 heavy (non-hydrogen) atoms. The summed E-state index contributed by atoms with van der Waals surface area (Å²) in [6.45, 7) is 3.94. The van der Waals surface area contributed by atoms with Crippen molar-refractivity contribution in [3.05, 3.63) is 35.4 Å². The molecule has 0 aliphatic carbocycles. The lowest BCUT2D eigenvalue weighted by molar-refractivity contribution is -0.121. The highest BCUT2D eigenvalue weighted by atomic mass is 16.1. The second kappa shape index (κ2) is 7.29. The van der Waals surface area contributed by atoms with Crippen LogP contribution in [0.5, 0.6) is 0 Å². The number of carbonyl (C=O) groups excluding carboxylic acids is 1. The van der Waals surface area contributed by atoms with Gasteiger partial charge in [0.1, 0.15) is 0 Å². The molecule has 1 heterocycles. The van der Waals surface area contributed by atoms with Gasteiger partial charge in [0.2, 0.25) is 5.91 Å². The van der Waals surface area contributed by atoms with E-state index in [1.165, 1.54) is 24.0 Å². The van der Waals surface area contributed by atoms with Crippen molar-refractivity contribution in [1.29, 1.82) is 0 Å². The molecule has 2 N–H and O–H groups in total. The summed E-state index contributed by atoms with van der Waals surface area (Å²) in [5, 5.41) is 6.43. The highest BCUT2D eigenvalue weighted by Crippen LogP contribution is 2.10. The van der Waals surface area contributed by atoms with Gasteiger partial charge in [0.05, 0.1) is 0 Å². The van der Waals surface area contributed by atoms with E-state index in [4.69, 9.17) is 0 Å². The van der Waals surface area contributed by atoms with E-state index in [1.807, 2.05) is 0 Å². The normalized spacial score (nSPS) is 18.5. The average molecular weight is 260 g/mol. The molecule has 3 heteroatoms. The van der Waals surface area contributed by atoms with Crippen LogP contribution in [0.25, 0.3) is 0 Å². The van der Waals surface area contributed by atoms with Crippen molar-refractivity contribution in [2.75, 3.05) is 13.1 Å². The minimum Gasteiger partial charge on any atom is -0.356 e. The van der Waals surface area contributed by atoms with Gasteiger partial charge < -0.3 is 10.6 Å². The Kier molecular flexibility index (Phi) is 5.40. The van der Waals surface area contributed by atoms with Gasteiger partial charge in [0.25, 0.3) is 0 Å². The van der Waals surface area contributed by atoms with Gasteiger partial charge in [-0.3, -0.25) is 4.79 Å². The maximum atomic E-state index is 11.7. The molecule has 0 bridgehead atoms. The summed E-state index contributed by atoms with van der Waals surface area (Å²) in [6, 6.07) is 9.01. The monoisotopic (exact) mass is 260 g/mol. The van der Waals surface area contributed by atoms with Crippen LogP contribution in [0.4, 0.5) is 0 Å². The lowest BCUT2D eigenvalue weighted by Crippen LogP contribution is -2.28. The summed E-state index contributed by atoms with van der Waals surface area (Å²) in [7, 11) is 0. The van der Waals surface area contributed by atoms with Gasteiger partial charge in [0.15, 0.2) is 0 Å². The number of carbonyl (C=O) groups is 1. The number of aryl methyl sites for hydroxylation is 1. The van der Waals surface area contributed by atoms with Crippen molar-refractivity contribution in [2.24, 2.45) is 0 Å². The lowest BCUT2D eigenvalue weighted by Gasteiger charge is -2.10. The van der Waals surface area contributed by atoms with Crippen LogP contribution in [0.2, 0.25) is 0 Å². The van der Waals surface area contributed by atoms with E-state index in [-0.39, 0.29) is 5.91 Å². The van der Waals surface area contributed by atoms with Gasteiger partial charge in [-0.05, 0) is 44.7 Å². The van der Waals surface area contributed by atoms with Crippen molar-refractivity contribution in [3.63, 3.8) is 0 Å². The first kappa shape index (κ1) is 14.1. The molecule has 0 radical (unpaired) electrons. The Morgan fingerprint density at radius 2 is 2.37 bits per heavy atom. The molecule has 1 aliphatic heterocycles. The first-order chi connectivity index (χ1) is 9.24. The van der Waals surface area contributed by atoms with Crippen LogP contribution in [0.15, 0.2) is 24.3 Å². The van der Waals surface area contributed by atoms with E-state index in [2.05, 4.69) is 41.8 Å². The fourth-order valence-corrected chi connectivity index (χ4v) is 2.61. The summed E-state index contributed by atoms with van der Waals surface area (Å²) in [5.41, 5.74) is 2.56. The predicted octanol–water partition coefficient (Wildman–Crippen LogP) is 2.19.